The van der Waals surface area contributed by atoms with Gasteiger partial charge in [-0.2, -0.15) is 0 Å². The van der Waals surface area contributed by atoms with Gasteiger partial charge >= 0.3 is 5.97 Å². The van der Waals surface area contributed by atoms with Crippen LogP contribution in [0.2, 0.25) is 0 Å². The van der Waals surface area contributed by atoms with E-state index in [0.717, 1.165) is 25.7 Å². The van der Waals surface area contributed by atoms with E-state index in [2.05, 4.69) is 17.0 Å². The van der Waals surface area contributed by atoms with Crippen molar-refractivity contribution in [2.75, 3.05) is 13.7 Å². The summed E-state index contributed by atoms with van der Waals surface area (Å²) < 4.78 is 4.50. The standard InChI is InChI=1S/C12H22N2O3/c1-9-4-3-6-12(13,8-9)11(16)14-7-5-10(15)17-2/h9H,3-8,13H2,1-2H3,(H,14,16). The summed E-state index contributed by atoms with van der Waals surface area (Å²) in [6.45, 7) is 2.40. The van der Waals surface area contributed by atoms with E-state index in [-0.39, 0.29) is 18.3 Å². The van der Waals surface area contributed by atoms with E-state index in [1.807, 2.05) is 0 Å². The lowest BCUT2D eigenvalue weighted by Gasteiger charge is -2.35. The second-order valence-electron chi connectivity index (χ2n) is 4.94. The number of carbonyl (C=O) groups is 2. The highest BCUT2D eigenvalue weighted by Crippen LogP contribution is 2.30. The number of rotatable bonds is 4. The molecule has 0 aromatic carbocycles. The minimum atomic E-state index is -0.756. The molecule has 1 amide bonds. The fraction of sp³-hybridized carbons (Fsp3) is 0.833. The topological polar surface area (TPSA) is 81.4 Å². The van der Waals surface area contributed by atoms with Gasteiger partial charge in [-0.3, -0.25) is 9.59 Å². The van der Waals surface area contributed by atoms with Crippen molar-refractivity contribution in [1.82, 2.24) is 5.32 Å². The normalized spacial score (nSPS) is 28.5. The molecule has 98 valence electrons. The molecule has 0 radical (unpaired) electrons. The molecular formula is C12H22N2O3. The zero-order valence-electron chi connectivity index (χ0n) is 10.6. The maximum Gasteiger partial charge on any atom is 0.307 e. The Morgan fingerprint density at radius 1 is 1.53 bits per heavy atom. The molecule has 0 heterocycles. The predicted molar refractivity (Wildman–Crippen MR) is 64.2 cm³/mol. The first-order valence-corrected chi connectivity index (χ1v) is 6.12. The average molecular weight is 242 g/mol. The summed E-state index contributed by atoms with van der Waals surface area (Å²) >= 11 is 0. The molecule has 5 nitrogen and oxygen atoms in total. The third-order valence-corrected chi connectivity index (χ3v) is 3.33. The number of hydrogen-bond acceptors (Lipinski definition) is 4. The van der Waals surface area contributed by atoms with Crippen LogP contribution in [-0.4, -0.2) is 31.1 Å². The summed E-state index contributed by atoms with van der Waals surface area (Å²) in [5, 5.41) is 2.71. The first-order valence-electron chi connectivity index (χ1n) is 6.12. The van der Waals surface area contributed by atoms with Crippen LogP contribution < -0.4 is 11.1 Å². The van der Waals surface area contributed by atoms with Gasteiger partial charge in [0.15, 0.2) is 0 Å². The van der Waals surface area contributed by atoms with Gasteiger partial charge in [0.1, 0.15) is 0 Å². The van der Waals surface area contributed by atoms with E-state index in [0.29, 0.717) is 12.5 Å². The number of amides is 1. The van der Waals surface area contributed by atoms with E-state index in [9.17, 15) is 9.59 Å². The van der Waals surface area contributed by atoms with Crippen LogP contribution >= 0.6 is 0 Å². The van der Waals surface area contributed by atoms with E-state index in [4.69, 9.17) is 5.73 Å². The van der Waals surface area contributed by atoms with E-state index >= 15 is 0 Å². The van der Waals surface area contributed by atoms with Gasteiger partial charge in [-0.15, -0.1) is 0 Å². The van der Waals surface area contributed by atoms with Gasteiger partial charge in [0.05, 0.1) is 19.1 Å². The summed E-state index contributed by atoms with van der Waals surface area (Å²) in [5.41, 5.74) is 5.36. The minimum absolute atomic E-state index is 0.145. The molecule has 1 saturated carbocycles. The molecular weight excluding hydrogens is 220 g/mol. The van der Waals surface area contributed by atoms with E-state index in [1.54, 1.807) is 0 Å². The van der Waals surface area contributed by atoms with Crippen LogP contribution in [0, 0.1) is 5.92 Å². The number of hydrogen-bond donors (Lipinski definition) is 2. The molecule has 0 spiro atoms. The lowest BCUT2D eigenvalue weighted by molar-refractivity contribution is -0.140. The number of methoxy groups -OCH3 is 1. The molecule has 0 aromatic rings. The Labute approximate surface area is 102 Å². The van der Waals surface area contributed by atoms with Crippen LogP contribution in [0.5, 0.6) is 0 Å². The third-order valence-electron chi connectivity index (χ3n) is 3.33. The number of nitrogens with one attached hydrogen (secondary N) is 1. The predicted octanol–water partition coefficient (Wildman–Crippen LogP) is 0.573. The summed E-state index contributed by atoms with van der Waals surface area (Å²) in [6, 6.07) is 0. The van der Waals surface area contributed by atoms with Crippen LogP contribution in [0.3, 0.4) is 0 Å². The van der Waals surface area contributed by atoms with Gasteiger partial charge in [0, 0.05) is 6.54 Å². The van der Waals surface area contributed by atoms with E-state index < -0.39 is 5.54 Å². The third kappa shape index (κ3) is 4.00. The van der Waals surface area contributed by atoms with Gasteiger partial charge in [-0.05, 0) is 18.8 Å². The fourth-order valence-electron chi connectivity index (χ4n) is 2.35. The van der Waals surface area contributed by atoms with Crippen molar-refractivity contribution < 1.29 is 14.3 Å². The molecule has 0 aliphatic heterocycles. The summed E-state index contributed by atoms with van der Waals surface area (Å²) in [5.74, 6) is 0.0152. The SMILES string of the molecule is COC(=O)CCNC(=O)C1(N)CCCC(C)C1. The molecule has 0 saturated heterocycles. The number of ether oxygens (including phenoxy) is 1. The molecule has 3 N–H and O–H groups in total. The highest BCUT2D eigenvalue weighted by molar-refractivity contribution is 5.86. The van der Waals surface area contributed by atoms with Crippen molar-refractivity contribution in [3.05, 3.63) is 0 Å². The molecule has 0 aromatic heterocycles. The van der Waals surface area contributed by atoms with E-state index in [1.165, 1.54) is 7.11 Å². The fourth-order valence-corrected chi connectivity index (χ4v) is 2.35. The van der Waals surface area contributed by atoms with Crippen molar-refractivity contribution in [3.8, 4) is 0 Å². The Morgan fingerprint density at radius 2 is 2.24 bits per heavy atom. The van der Waals surface area contributed by atoms with Crippen LogP contribution in [0.1, 0.15) is 39.0 Å². The van der Waals surface area contributed by atoms with Crippen molar-refractivity contribution in [2.45, 2.75) is 44.6 Å². The van der Waals surface area contributed by atoms with Crippen LogP contribution in [0.25, 0.3) is 0 Å². The van der Waals surface area contributed by atoms with Gasteiger partial charge in [0.2, 0.25) is 5.91 Å². The van der Waals surface area contributed by atoms with Gasteiger partial charge < -0.3 is 15.8 Å². The Balaban J connectivity index is 2.38. The monoisotopic (exact) mass is 242 g/mol. The molecule has 0 bridgehead atoms. The van der Waals surface area contributed by atoms with Crippen molar-refractivity contribution in [2.24, 2.45) is 11.7 Å². The smallest absolute Gasteiger partial charge is 0.307 e. The first-order chi connectivity index (χ1) is 7.98. The number of carbonyl (C=O) groups excluding carboxylic acids is 2. The largest absolute Gasteiger partial charge is 0.469 e. The maximum absolute atomic E-state index is 11.9. The Bertz CT molecular complexity index is 293. The molecule has 2 atom stereocenters. The van der Waals surface area contributed by atoms with Gasteiger partial charge in [-0.1, -0.05) is 19.8 Å². The average Bonchev–Trinajstić information content (AvgIpc) is 2.28. The van der Waals surface area contributed by atoms with Gasteiger partial charge in [0.25, 0.3) is 0 Å². The van der Waals surface area contributed by atoms with Crippen LogP contribution in [-0.2, 0) is 14.3 Å². The molecule has 2 unspecified atom stereocenters. The van der Waals surface area contributed by atoms with Gasteiger partial charge in [-0.25, -0.2) is 0 Å². The molecule has 1 aliphatic carbocycles. The van der Waals surface area contributed by atoms with Crippen LogP contribution in [0.4, 0.5) is 0 Å². The lowest BCUT2D eigenvalue weighted by Crippen LogP contribution is -2.56. The summed E-state index contributed by atoms with van der Waals surface area (Å²) in [6.07, 6.45) is 3.75. The first kappa shape index (κ1) is 14.0. The van der Waals surface area contributed by atoms with Crippen molar-refractivity contribution in [1.29, 1.82) is 0 Å². The Morgan fingerprint density at radius 3 is 2.82 bits per heavy atom. The summed E-state index contributed by atoms with van der Waals surface area (Å²) in [7, 11) is 1.33. The quantitative estimate of drug-likeness (QED) is 0.706. The Hall–Kier alpha value is -1.10. The Kier molecular flexibility index (Phi) is 4.93. The second kappa shape index (κ2) is 6.00. The molecule has 1 aliphatic rings. The lowest BCUT2D eigenvalue weighted by atomic mass is 9.76. The highest BCUT2D eigenvalue weighted by atomic mass is 16.5. The minimum Gasteiger partial charge on any atom is -0.469 e. The number of nitrogens with two attached hydrogens (primary N) is 1. The zero-order valence-corrected chi connectivity index (χ0v) is 10.6. The zero-order chi connectivity index (χ0) is 12.9. The highest BCUT2D eigenvalue weighted by Gasteiger charge is 2.37. The molecule has 1 fully saturated rings. The summed E-state index contributed by atoms with van der Waals surface area (Å²) in [4.78, 5) is 22.8. The maximum atomic E-state index is 11.9. The molecule has 5 heteroatoms. The number of esters is 1. The molecule has 17 heavy (non-hydrogen) atoms. The molecule has 1 rings (SSSR count). The van der Waals surface area contributed by atoms with Crippen LogP contribution in [0.15, 0.2) is 0 Å². The second-order valence-corrected chi connectivity index (χ2v) is 4.94. The van der Waals surface area contributed by atoms with Crippen molar-refractivity contribution in [3.63, 3.8) is 0 Å². The van der Waals surface area contributed by atoms with Crippen molar-refractivity contribution >= 4 is 11.9 Å².